The van der Waals surface area contributed by atoms with Crippen molar-refractivity contribution in [3.63, 3.8) is 0 Å². The van der Waals surface area contributed by atoms with Crippen molar-refractivity contribution in [3.05, 3.63) is 84.9 Å². The van der Waals surface area contributed by atoms with Crippen molar-refractivity contribution in [1.29, 1.82) is 0 Å². The highest BCUT2D eigenvalue weighted by Gasteiger charge is 2.07. The van der Waals surface area contributed by atoms with Crippen LogP contribution in [0.1, 0.15) is 0 Å². The molecule has 0 atom stereocenters. The molecule has 0 saturated heterocycles. The summed E-state index contributed by atoms with van der Waals surface area (Å²) in [7, 11) is 0. The van der Waals surface area contributed by atoms with Gasteiger partial charge >= 0.3 is 6.03 Å². The van der Waals surface area contributed by atoms with E-state index in [1.807, 2.05) is 48.5 Å². The second kappa shape index (κ2) is 9.05. The van der Waals surface area contributed by atoms with E-state index in [1.165, 1.54) is 0 Å². The number of carbonyl (C=O) groups excluding carboxylic acids is 2. The summed E-state index contributed by atoms with van der Waals surface area (Å²) < 4.78 is 5.73. The Bertz CT molecular complexity index is 899. The number of carbonyl (C=O) groups is 2. The predicted octanol–water partition coefficient (Wildman–Crippen LogP) is 4.24. The van der Waals surface area contributed by atoms with Crippen molar-refractivity contribution in [3.8, 4) is 11.5 Å². The summed E-state index contributed by atoms with van der Waals surface area (Å²) in [6.45, 7) is -0.138. The number of nitrogens with one attached hydrogen (secondary N) is 3. The molecule has 3 aromatic rings. The van der Waals surface area contributed by atoms with Crippen LogP contribution in [0.4, 0.5) is 16.2 Å². The first-order chi connectivity index (χ1) is 13.2. The average Bonchev–Trinajstić information content (AvgIpc) is 2.68. The number of para-hydroxylation sites is 2. The second-order valence-electron chi connectivity index (χ2n) is 5.66. The summed E-state index contributed by atoms with van der Waals surface area (Å²) >= 11 is 0. The van der Waals surface area contributed by atoms with Gasteiger partial charge in [0, 0.05) is 17.4 Å². The lowest BCUT2D eigenvalue weighted by molar-refractivity contribution is -0.115. The normalized spacial score (nSPS) is 9.93. The third-order valence-electron chi connectivity index (χ3n) is 3.54. The van der Waals surface area contributed by atoms with Gasteiger partial charge in [-0.15, -0.1) is 0 Å². The van der Waals surface area contributed by atoms with Crippen LogP contribution in [0.5, 0.6) is 11.5 Å². The summed E-state index contributed by atoms with van der Waals surface area (Å²) in [6.07, 6.45) is 0. The van der Waals surface area contributed by atoms with Gasteiger partial charge in [0.1, 0.15) is 11.5 Å². The minimum absolute atomic E-state index is 0.138. The first-order valence-electron chi connectivity index (χ1n) is 8.42. The lowest BCUT2D eigenvalue weighted by Crippen LogP contribution is -2.35. The number of amides is 3. The van der Waals surface area contributed by atoms with Crippen molar-refractivity contribution >= 4 is 23.3 Å². The van der Waals surface area contributed by atoms with Gasteiger partial charge in [0.2, 0.25) is 5.91 Å². The van der Waals surface area contributed by atoms with Gasteiger partial charge in [0.15, 0.2) is 0 Å². The van der Waals surface area contributed by atoms with E-state index in [0.29, 0.717) is 22.9 Å². The van der Waals surface area contributed by atoms with E-state index in [1.54, 1.807) is 36.4 Å². The van der Waals surface area contributed by atoms with Crippen LogP contribution in [-0.2, 0) is 4.79 Å². The number of rotatable bonds is 6. The van der Waals surface area contributed by atoms with Gasteiger partial charge in [-0.3, -0.25) is 4.79 Å². The van der Waals surface area contributed by atoms with Crippen LogP contribution < -0.4 is 20.7 Å². The fourth-order valence-corrected chi connectivity index (χ4v) is 2.32. The molecular weight excluding hydrogens is 342 g/mol. The van der Waals surface area contributed by atoms with E-state index < -0.39 is 6.03 Å². The fraction of sp³-hybridized carbons (Fsp3) is 0.0476. The highest BCUT2D eigenvalue weighted by Crippen LogP contribution is 2.23. The highest BCUT2D eigenvalue weighted by molar-refractivity contribution is 5.96. The summed E-state index contributed by atoms with van der Waals surface area (Å²) in [4.78, 5) is 23.8. The van der Waals surface area contributed by atoms with Gasteiger partial charge in [-0.25, -0.2) is 4.79 Å². The maximum atomic E-state index is 12.0. The molecule has 3 aromatic carbocycles. The van der Waals surface area contributed by atoms with Gasteiger partial charge in [0.05, 0.1) is 6.54 Å². The Hall–Kier alpha value is -3.80. The van der Waals surface area contributed by atoms with Crippen LogP contribution in [-0.4, -0.2) is 18.5 Å². The quantitative estimate of drug-likeness (QED) is 0.614. The molecule has 0 fully saturated rings. The fourth-order valence-electron chi connectivity index (χ4n) is 2.32. The number of benzene rings is 3. The van der Waals surface area contributed by atoms with Crippen molar-refractivity contribution in [2.24, 2.45) is 0 Å². The van der Waals surface area contributed by atoms with E-state index in [9.17, 15) is 9.59 Å². The van der Waals surface area contributed by atoms with Crippen LogP contribution in [0.2, 0.25) is 0 Å². The highest BCUT2D eigenvalue weighted by atomic mass is 16.5. The molecule has 3 amide bonds. The summed E-state index contributed by atoms with van der Waals surface area (Å²) in [5, 5.41) is 7.89. The molecule has 3 rings (SSSR count). The lowest BCUT2D eigenvalue weighted by Gasteiger charge is -2.10. The number of hydrogen-bond donors (Lipinski definition) is 3. The van der Waals surface area contributed by atoms with Crippen LogP contribution >= 0.6 is 0 Å². The molecular formula is C21H19N3O3. The average molecular weight is 361 g/mol. The molecule has 0 aliphatic carbocycles. The van der Waals surface area contributed by atoms with E-state index in [2.05, 4.69) is 16.0 Å². The summed E-state index contributed by atoms with van der Waals surface area (Å²) in [5.41, 5.74) is 1.24. The molecule has 0 heterocycles. The maximum absolute atomic E-state index is 12.0. The molecule has 27 heavy (non-hydrogen) atoms. The predicted molar refractivity (Wildman–Crippen MR) is 105 cm³/mol. The Balaban J connectivity index is 1.49. The van der Waals surface area contributed by atoms with E-state index >= 15 is 0 Å². The molecule has 136 valence electrons. The molecule has 0 spiro atoms. The zero-order chi connectivity index (χ0) is 18.9. The zero-order valence-electron chi connectivity index (χ0n) is 14.5. The smallest absolute Gasteiger partial charge is 0.319 e. The van der Waals surface area contributed by atoms with Crippen molar-refractivity contribution in [2.75, 3.05) is 17.2 Å². The van der Waals surface area contributed by atoms with Crippen LogP contribution in [0.15, 0.2) is 84.9 Å². The lowest BCUT2D eigenvalue weighted by atomic mass is 10.3. The summed E-state index contributed by atoms with van der Waals surface area (Å²) in [5.74, 6) is 0.995. The Kier molecular flexibility index (Phi) is 6.04. The van der Waals surface area contributed by atoms with E-state index in [0.717, 1.165) is 0 Å². The first-order valence-corrected chi connectivity index (χ1v) is 8.42. The van der Waals surface area contributed by atoms with Crippen LogP contribution in [0.3, 0.4) is 0 Å². The molecule has 0 aliphatic heterocycles. The number of anilines is 2. The van der Waals surface area contributed by atoms with E-state index in [-0.39, 0.29) is 12.5 Å². The number of ether oxygens (including phenoxy) is 1. The molecule has 0 aliphatic rings. The topological polar surface area (TPSA) is 79.5 Å². The number of hydrogen-bond acceptors (Lipinski definition) is 3. The molecule has 0 radical (unpaired) electrons. The second-order valence-corrected chi connectivity index (χ2v) is 5.66. The Morgan fingerprint density at radius 1 is 0.704 bits per heavy atom. The molecule has 0 bridgehead atoms. The first kappa shape index (κ1) is 18.0. The van der Waals surface area contributed by atoms with Gasteiger partial charge in [-0.2, -0.15) is 0 Å². The molecule has 3 N–H and O–H groups in total. The monoisotopic (exact) mass is 361 g/mol. The van der Waals surface area contributed by atoms with Gasteiger partial charge in [-0.05, 0) is 36.4 Å². The Morgan fingerprint density at radius 3 is 2.07 bits per heavy atom. The molecule has 0 unspecified atom stereocenters. The Morgan fingerprint density at radius 2 is 1.33 bits per heavy atom. The zero-order valence-corrected chi connectivity index (χ0v) is 14.5. The molecule has 0 aromatic heterocycles. The SMILES string of the molecule is O=C(CNC(=O)Nc1cccc(Oc2ccccc2)c1)Nc1ccccc1. The van der Waals surface area contributed by atoms with Gasteiger partial charge < -0.3 is 20.7 Å². The number of urea groups is 1. The largest absolute Gasteiger partial charge is 0.457 e. The Labute approximate surface area is 157 Å². The minimum atomic E-state index is -0.477. The third kappa shape index (κ3) is 5.89. The van der Waals surface area contributed by atoms with E-state index in [4.69, 9.17) is 4.74 Å². The molecule has 0 saturated carbocycles. The molecule has 6 heteroatoms. The van der Waals surface area contributed by atoms with Crippen LogP contribution in [0.25, 0.3) is 0 Å². The standard InChI is InChI=1S/C21H19N3O3/c25-20(23-16-8-3-1-4-9-16)15-22-21(26)24-17-10-7-13-19(14-17)27-18-11-5-2-6-12-18/h1-14H,15H2,(H,23,25)(H2,22,24,26). The maximum Gasteiger partial charge on any atom is 0.319 e. The summed E-state index contributed by atoms with van der Waals surface area (Å²) in [6, 6.07) is 24.9. The van der Waals surface area contributed by atoms with Crippen molar-refractivity contribution in [2.45, 2.75) is 0 Å². The third-order valence-corrected chi connectivity index (χ3v) is 3.54. The van der Waals surface area contributed by atoms with Crippen molar-refractivity contribution in [1.82, 2.24) is 5.32 Å². The molecule has 6 nitrogen and oxygen atoms in total. The minimum Gasteiger partial charge on any atom is -0.457 e. The van der Waals surface area contributed by atoms with Crippen molar-refractivity contribution < 1.29 is 14.3 Å². The van der Waals surface area contributed by atoms with Gasteiger partial charge in [-0.1, -0.05) is 42.5 Å². The van der Waals surface area contributed by atoms with Crippen LogP contribution in [0, 0.1) is 0 Å². The van der Waals surface area contributed by atoms with Gasteiger partial charge in [0.25, 0.3) is 0 Å².